The van der Waals surface area contributed by atoms with E-state index >= 15 is 0 Å². The third kappa shape index (κ3) is 4.01. The van der Waals surface area contributed by atoms with Gasteiger partial charge in [-0.25, -0.2) is 13.6 Å². The number of benzene rings is 2. The second-order valence-corrected chi connectivity index (χ2v) is 5.39. The second kappa shape index (κ2) is 6.67. The van der Waals surface area contributed by atoms with Crippen LogP contribution in [-0.4, -0.2) is 6.03 Å². The Balaban J connectivity index is 2.05. The summed E-state index contributed by atoms with van der Waals surface area (Å²) in [6, 6.07) is 9.82. The minimum Gasteiger partial charge on any atom is -0.331 e. The lowest BCUT2D eigenvalue weighted by atomic mass is 10.1. The summed E-state index contributed by atoms with van der Waals surface area (Å²) in [5.41, 5.74) is 0.407. The van der Waals surface area contributed by atoms with E-state index in [1.807, 2.05) is 24.3 Å². The minimum atomic E-state index is -0.819. The van der Waals surface area contributed by atoms with E-state index in [-0.39, 0.29) is 6.04 Å². The van der Waals surface area contributed by atoms with Gasteiger partial charge >= 0.3 is 6.03 Å². The van der Waals surface area contributed by atoms with Crippen LogP contribution in [0, 0.1) is 11.6 Å². The molecule has 0 bridgehead atoms. The first kappa shape index (κ1) is 15.4. The van der Waals surface area contributed by atoms with Crippen molar-refractivity contribution in [1.29, 1.82) is 0 Å². The van der Waals surface area contributed by atoms with Gasteiger partial charge in [0.05, 0.1) is 6.04 Å². The number of carbonyl (C=O) groups is 1. The first-order valence-corrected chi connectivity index (χ1v) is 7.03. The van der Waals surface area contributed by atoms with Crippen molar-refractivity contribution in [2.45, 2.75) is 13.0 Å². The van der Waals surface area contributed by atoms with Gasteiger partial charge in [-0.05, 0) is 36.8 Å². The largest absolute Gasteiger partial charge is 0.331 e. The number of para-hydroxylation sites is 1. The van der Waals surface area contributed by atoms with Crippen LogP contribution in [0.4, 0.5) is 19.3 Å². The summed E-state index contributed by atoms with van der Waals surface area (Å²) in [7, 11) is 0. The topological polar surface area (TPSA) is 41.1 Å². The third-order valence-corrected chi connectivity index (χ3v) is 3.39. The first-order chi connectivity index (χ1) is 9.97. The number of hydrogen-bond acceptors (Lipinski definition) is 1. The summed E-state index contributed by atoms with van der Waals surface area (Å²) in [5, 5.41) is 4.80. The molecule has 6 heteroatoms. The molecule has 2 N–H and O–H groups in total. The van der Waals surface area contributed by atoms with Gasteiger partial charge in [-0.2, -0.15) is 0 Å². The van der Waals surface area contributed by atoms with Gasteiger partial charge in [0.2, 0.25) is 0 Å². The Morgan fingerprint density at radius 2 is 1.76 bits per heavy atom. The van der Waals surface area contributed by atoms with Crippen LogP contribution in [0.15, 0.2) is 46.9 Å². The Bertz CT molecular complexity index is 644. The van der Waals surface area contributed by atoms with E-state index in [9.17, 15) is 13.6 Å². The second-order valence-electron chi connectivity index (χ2n) is 4.47. The van der Waals surface area contributed by atoms with E-state index in [1.165, 1.54) is 6.07 Å². The Morgan fingerprint density at radius 1 is 1.14 bits per heavy atom. The number of anilines is 1. The highest BCUT2D eigenvalue weighted by molar-refractivity contribution is 9.10. The summed E-state index contributed by atoms with van der Waals surface area (Å²) in [6.07, 6.45) is 0. The maximum Gasteiger partial charge on any atom is 0.319 e. The Labute approximate surface area is 129 Å². The molecular weight excluding hydrogens is 342 g/mol. The van der Waals surface area contributed by atoms with Gasteiger partial charge in [-0.1, -0.05) is 34.1 Å². The summed E-state index contributed by atoms with van der Waals surface area (Å²) < 4.78 is 27.8. The van der Waals surface area contributed by atoms with Crippen molar-refractivity contribution >= 4 is 27.6 Å². The average Bonchev–Trinajstić information content (AvgIpc) is 2.43. The molecule has 110 valence electrons. The number of hydrogen-bond donors (Lipinski definition) is 2. The predicted molar refractivity (Wildman–Crippen MR) is 81.1 cm³/mol. The van der Waals surface area contributed by atoms with Crippen molar-refractivity contribution in [2.75, 3.05) is 5.32 Å². The molecule has 0 saturated carbocycles. The van der Waals surface area contributed by atoms with Crippen LogP contribution in [0.5, 0.6) is 0 Å². The predicted octanol–water partition coefficient (Wildman–Crippen LogP) is 4.61. The fraction of sp³-hybridized carbons (Fsp3) is 0.133. The van der Waals surface area contributed by atoms with Gasteiger partial charge in [0.25, 0.3) is 0 Å². The summed E-state index contributed by atoms with van der Waals surface area (Å²) in [6.45, 7) is 1.78. The van der Waals surface area contributed by atoms with Gasteiger partial charge in [0, 0.05) is 4.47 Å². The maximum atomic E-state index is 13.4. The number of carbonyl (C=O) groups excluding carboxylic acids is 1. The molecule has 0 fully saturated rings. The van der Waals surface area contributed by atoms with E-state index in [0.29, 0.717) is 0 Å². The molecule has 0 saturated heterocycles. The SMILES string of the molecule is CC(NC(=O)Nc1c(F)cccc1F)c1cccc(Br)c1. The van der Waals surface area contributed by atoms with Gasteiger partial charge in [0.15, 0.2) is 0 Å². The van der Waals surface area contributed by atoms with Crippen molar-refractivity contribution < 1.29 is 13.6 Å². The molecule has 1 unspecified atom stereocenters. The molecule has 2 amide bonds. The van der Waals surface area contributed by atoms with Gasteiger partial charge in [0.1, 0.15) is 17.3 Å². The van der Waals surface area contributed by atoms with Crippen molar-refractivity contribution in [3.8, 4) is 0 Å². The normalized spacial score (nSPS) is 11.8. The first-order valence-electron chi connectivity index (χ1n) is 6.24. The highest BCUT2D eigenvalue weighted by Gasteiger charge is 2.14. The molecule has 2 aromatic rings. The fourth-order valence-electron chi connectivity index (χ4n) is 1.82. The van der Waals surface area contributed by atoms with Crippen molar-refractivity contribution in [3.05, 3.63) is 64.1 Å². The zero-order valence-corrected chi connectivity index (χ0v) is 12.7. The van der Waals surface area contributed by atoms with Crippen molar-refractivity contribution in [2.24, 2.45) is 0 Å². The number of rotatable bonds is 3. The van der Waals surface area contributed by atoms with E-state index in [2.05, 4.69) is 26.6 Å². The molecule has 0 radical (unpaired) electrons. The zero-order valence-electron chi connectivity index (χ0n) is 11.2. The van der Waals surface area contributed by atoms with Crippen molar-refractivity contribution in [1.82, 2.24) is 5.32 Å². The lowest BCUT2D eigenvalue weighted by Gasteiger charge is -2.16. The summed E-state index contributed by atoms with van der Waals surface area (Å²) in [5.74, 6) is -1.64. The average molecular weight is 355 g/mol. The quantitative estimate of drug-likeness (QED) is 0.830. The molecule has 0 aliphatic rings. The van der Waals surface area contributed by atoms with Crippen LogP contribution < -0.4 is 10.6 Å². The van der Waals surface area contributed by atoms with E-state index in [4.69, 9.17) is 0 Å². The Morgan fingerprint density at radius 3 is 2.38 bits per heavy atom. The van der Waals surface area contributed by atoms with E-state index < -0.39 is 23.4 Å². The number of urea groups is 1. The molecule has 2 rings (SSSR count). The molecule has 0 aliphatic heterocycles. The van der Waals surface area contributed by atoms with Crippen molar-refractivity contribution in [3.63, 3.8) is 0 Å². The highest BCUT2D eigenvalue weighted by atomic mass is 79.9. The minimum absolute atomic E-state index is 0.308. The number of amides is 2. The molecule has 1 atom stereocenters. The molecule has 0 aliphatic carbocycles. The van der Waals surface area contributed by atoms with Crippen LogP contribution in [-0.2, 0) is 0 Å². The molecule has 3 nitrogen and oxygen atoms in total. The zero-order chi connectivity index (χ0) is 15.4. The van der Waals surface area contributed by atoms with Crippen LogP contribution in [0.2, 0.25) is 0 Å². The molecule has 21 heavy (non-hydrogen) atoms. The summed E-state index contributed by atoms with van der Waals surface area (Å²) >= 11 is 3.34. The monoisotopic (exact) mass is 354 g/mol. The molecule has 0 spiro atoms. The fourth-order valence-corrected chi connectivity index (χ4v) is 2.24. The Kier molecular flexibility index (Phi) is 4.90. The highest BCUT2D eigenvalue weighted by Crippen LogP contribution is 2.20. The lowest BCUT2D eigenvalue weighted by Crippen LogP contribution is -2.31. The smallest absolute Gasteiger partial charge is 0.319 e. The van der Waals surface area contributed by atoms with Crippen LogP contribution in [0.1, 0.15) is 18.5 Å². The standard InChI is InChI=1S/C15H13BrF2N2O/c1-9(10-4-2-5-11(16)8-10)19-15(21)20-14-12(17)6-3-7-13(14)18/h2-9H,1H3,(H2,19,20,21). The maximum absolute atomic E-state index is 13.4. The molecular formula is C15H13BrF2N2O. The van der Waals surface area contributed by atoms with E-state index in [1.54, 1.807) is 6.92 Å². The van der Waals surface area contributed by atoms with Gasteiger partial charge in [-0.15, -0.1) is 0 Å². The lowest BCUT2D eigenvalue weighted by molar-refractivity contribution is 0.249. The van der Waals surface area contributed by atoms with Crippen LogP contribution in [0.3, 0.4) is 0 Å². The van der Waals surface area contributed by atoms with E-state index in [0.717, 1.165) is 22.2 Å². The summed E-state index contributed by atoms with van der Waals surface area (Å²) in [4.78, 5) is 11.8. The molecule has 0 heterocycles. The van der Waals surface area contributed by atoms with Gasteiger partial charge < -0.3 is 10.6 Å². The molecule has 2 aromatic carbocycles. The third-order valence-electron chi connectivity index (χ3n) is 2.90. The van der Waals surface area contributed by atoms with Gasteiger partial charge in [-0.3, -0.25) is 0 Å². The Hall–Kier alpha value is -1.95. The molecule has 0 aromatic heterocycles. The number of halogens is 3. The number of nitrogens with one attached hydrogen (secondary N) is 2. The van der Waals surface area contributed by atoms with Crippen LogP contribution >= 0.6 is 15.9 Å². The van der Waals surface area contributed by atoms with Crippen LogP contribution in [0.25, 0.3) is 0 Å².